The van der Waals surface area contributed by atoms with Crippen LogP contribution in [0.15, 0.2) is 167 Å². The third-order valence-electron chi connectivity index (χ3n) is 10.5. The fourth-order valence-corrected chi connectivity index (χ4v) is 8.08. The van der Waals surface area contributed by atoms with Crippen molar-refractivity contribution in [2.24, 2.45) is 5.92 Å². The van der Waals surface area contributed by atoms with Crippen LogP contribution in [-0.4, -0.2) is 15.0 Å². The number of aromatic nitrogens is 3. The van der Waals surface area contributed by atoms with E-state index in [1.54, 1.807) is 0 Å². The van der Waals surface area contributed by atoms with Crippen LogP contribution in [0.3, 0.4) is 0 Å². The number of rotatable bonds is 4. The Hall–Kier alpha value is -6.85. The molecular formula is C47H29N3O2. The van der Waals surface area contributed by atoms with Crippen molar-refractivity contribution >= 4 is 50.0 Å². The first-order valence-corrected chi connectivity index (χ1v) is 17.6. The minimum absolute atomic E-state index is 0.283. The smallest absolute Gasteiger partial charge is 0.164 e. The van der Waals surface area contributed by atoms with E-state index in [4.69, 9.17) is 23.8 Å². The Kier molecular flexibility index (Phi) is 6.31. The zero-order chi connectivity index (χ0) is 34.2. The van der Waals surface area contributed by atoms with Crippen molar-refractivity contribution in [1.29, 1.82) is 0 Å². The summed E-state index contributed by atoms with van der Waals surface area (Å²) in [7, 11) is 0. The second-order valence-corrected chi connectivity index (χ2v) is 13.5. The topological polar surface area (TPSA) is 65.0 Å². The average molecular weight is 668 g/mol. The minimum atomic E-state index is 0.283. The van der Waals surface area contributed by atoms with Crippen LogP contribution in [0, 0.1) is 5.92 Å². The molecule has 9 aromatic rings. The maximum Gasteiger partial charge on any atom is 0.164 e. The van der Waals surface area contributed by atoms with Gasteiger partial charge in [-0.15, -0.1) is 0 Å². The molecule has 6 aromatic carbocycles. The molecule has 3 heterocycles. The third kappa shape index (κ3) is 4.46. The molecule has 5 heteroatoms. The van der Waals surface area contributed by atoms with Crippen molar-refractivity contribution in [2.45, 2.75) is 5.92 Å². The highest BCUT2D eigenvalue weighted by atomic mass is 16.3. The quantitative estimate of drug-likeness (QED) is 0.187. The predicted molar refractivity (Wildman–Crippen MR) is 210 cm³/mol. The number of benzene rings is 6. The van der Waals surface area contributed by atoms with Gasteiger partial charge in [0.1, 0.15) is 22.3 Å². The summed E-state index contributed by atoms with van der Waals surface area (Å²) in [4.78, 5) is 15.4. The van der Waals surface area contributed by atoms with Crippen molar-refractivity contribution in [3.05, 3.63) is 169 Å². The zero-order valence-electron chi connectivity index (χ0n) is 27.9. The molecule has 0 saturated heterocycles. The molecule has 2 aliphatic rings. The second-order valence-electron chi connectivity index (χ2n) is 13.5. The largest absolute Gasteiger partial charge is 0.456 e. The van der Waals surface area contributed by atoms with E-state index in [1.807, 2.05) is 66.7 Å². The van der Waals surface area contributed by atoms with E-state index in [9.17, 15) is 0 Å². The van der Waals surface area contributed by atoms with Gasteiger partial charge in [0.25, 0.3) is 0 Å². The molecular weight excluding hydrogens is 639 g/mol. The molecule has 5 nitrogen and oxygen atoms in total. The first-order valence-electron chi connectivity index (χ1n) is 17.6. The molecule has 0 N–H and O–H groups in total. The molecule has 0 radical (unpaired) electrons. The van der Waals surface area contributed by atoms with E-state index in [2.05, 4.69) is 97.1 Å². The standard InChI is InChI=1S/C47H29N3O2/c1-2-12-30(13-3-1)45-48-46(31-26-25-29-24-23-28-11-4-5-14-32(28)38(29)27-31)50-47(49-45)37-19-10-22-41-43(37)36-18-8-17-34(44(36)52-41)33-16-9-21-40-42(33)35-15-6-7-20-39(35)51-40/h1-28,32H. The van der Waals surface area contributed by atoms with Gasteiger partial charge >= 0.3 is 0 Å². The van der Waals surface area contributed by atoms with E-state index < -0.39 is 0 Å². The van der Waals surface area contributed by atoms with E-state index in [-0.39, 0.29) is 5.92 Å². The van der Waals surface area contributed by atoms with Crippen molar-refractivity contribution in [1.82, 2.24) is 15.0 Å². The summed E-state index contributed by atoms with van der Waals surface area (Å²) in [6, 6.07) is 43.6. The Bertz CT molecular complexity index is 2980. The van der Waals surface area contributed by atoms with Crippen LogP contribution in [0.5, 0.6) is 0 Å². The molecule has 0 amide bonds. The summed E-state index contributed by atoms with van der Waals surface area (Å²) in [6.45, 7) is 0. The summed E-state index contributed by atoms with van der Waals surface area (Å²) in [6.07, 6.45) is 13.4. The SMILES string of the molecule is C1=CC2C=Cc3ccc(-c4nc(-c5ccccc5)nc(-c5cccc6oc7c(-c8cccc9oc%10ccccc%10c89)cccc7c56)n4)cc3C2C=C1. The van der Waals surface area contributed by atoms with Crippen LogP contribution in [0.25, 0.3) is 95.2 Å². The fourth-order valence-electron chi connectivity index (χ4n) is 8.08. The molecule has 0 bridgehead atoms. The Morgan fingerprint density at radius 3 is 2.04 bits per heavy atom. The van der Waals surface area contributed by atoms with Gasteiger partial charge in [0, 0.05) is 55.6 Å². The Morgan fingerprint density at radius 1 is 0.462 bits per heavy atom. The van der Waals surface area contributed by atoms with E-state index in [1.165, 1.54) is 11.1 Å². The van der Waals surface area contributed by atoms with Crippen LogP contribution in [0.2, 0.25) is 0 Å². The first kappa shape index (κ1) is 28.9. The lowest BCUT2D eigenvalue weighted by atomic mass is 9.77. The molecule has 52 heavy (non-hydrogen) atoms. The predicted octanol–water partition coefficient (Wildman–Crippen LogP) is 12.2. The van der Waals surface area contributed by atoms with Crippen LogP contribution in [-0.2, 0) is 0 Å². The highest BCUT2D eigenvalue weighted by Gasteiger charge is 2.26. The van der Waals surface area contributed by atoms with Gasteiger partial charge in [0.2, 0.25) is 0 Å². The third-order valence-corrected chi connectivity index (χ3v) is 10.5. The minimum Gasteiger partial charge on any atom is -0.456 e. The zero-order valence-corrected chi connectivity index (χ0v) is 27.9. The van der Waals surface area contributed by atoms with E-state index in [0.717, 1.165) is 71.7 Å². The van der Waals surface area contributed by atoms with Gasteiger partial charge in [-0.05, 0) is 41.0 Å². The molecule has 0 aliphatic heterocycles. The summed E-state index contributed by atoms with van der Waals surface area (Å²) in [5, 5.41) is 4.13. The molecule has 3 aromatic heterocycles. The van der Waals surface area contributed by atoms with Gasteiger partial charge in [-0.3, -0.25) is 0 Å². The summed E-state index contributed by atoms with van der Waals surface area (Å²) < 4.78 is 13.0. The lowest BCUT2D eigenvalue weighted by Gasteiger charge is -2.27. The average Bonchev–Trinajstić information content (AvgIpc) is 3.80. The normalized spacial score (nSPS) is 16.2. The number of allylic oxidation sites excluding steroid dienone is 5. The molecule has 2 unspecified atom stereocenters. The van der Waals surface area contributed by atoms with Gasteiger partial charge < -0.3 is 8.83 Å². The molecule has 11 rings (SSSR count). The Labute approximate surface area is 298 Å². The van der Waals surface area contributed by atoms with Crippen molar-refractivity contribution in [2.75, 3.05) is 0 Å². The second kappa shape index (κ2) is 11.3. The number of fused-ring (bicyclic) bond motifs is 9. The number of nitrogens with zero attached hydrogens (tertiary/aromatic N) is 3. The monoisotopic (exact) mass is 667 g/mol. The van der Waals surface area contributed by atoms with E-state index in [0.29, 0.717) is 23.4 Å². The maximum atomic E-state index is 6.76. The molecule has 0 fully saturated rings. The molecule has 2 aliphatic carbocycles. The van der Waals surface area contributed by atoms with Crippen LogP contribution < -0.4 is 0 Å². The summed E-state index contributed by atoms with van der Waals surface area (Å²) >= 11 is 0. The van der Waals surface area contributed by atoms with Gasteiger partial charge in [-0.2, -0.15) is 0 Å². The Morgan fingerprint density at radius 2 is 1.13 bits per heavy atom. The molecule has 0 saturated carbocycles. The maximum absolute atomic E-state index is 6.76. The molecule has 244 valence electrons. The number of hydrogen-bond acceptors (Lipinski definition) is 5. The van der Waals surface area contributed by atoms with Gasteiger partial charge in [0.15, 0.2) is 17.5 Å². The van der Waals surface area contributed by atoms with Crippen LogP contribution in [0.4, 0.5) is 0 Å². The van der Waals surface area contributed by atoms with Crippen LogP contribution >= 0.6 is 0 Å². The molecule has 2 atom stereocenters. The lowest BCUT2D eigenvalue weighted by molar-refractivity contribution is 0.668. The molecule has 0 spiro atoms. The lowest BCUT2D eigenvalue weighted by Crippen LogP contribution is -2.13. The highest BCUT2D eigenvalue weighted by Crippen LogP contribution is 2.44. The summed E-state index contributed by atoms with van der Waals surface area (Å²) in [5.41, 5.74) is 10.7. The van der Waals surface area contributed by atoms with Crippen molar-refractivity contribution in [3.63, 3.8) is 0 Å². The number of furan rings is 2. The Balaban J connectivity index is 1.12. The fraction of sp³-hybridized carbons (Fsp3) is 0.0426. The van der Waals surface area contributed by atoms with Crippen molar-refractivity contribution in [3.8, 4) is 45.3 Å². The van der Waals surface area contributed by atoms with E-state index >= 15 is 0 Å². The highest BCUT2D eigenvalue weighted by molar-refractivity contribution is 6.19. The number of para-hydroxylation sites is 2. The number of hydrogen-bond donors (Lipinski definition) is 0. The van der Waals surface area contributed by atoms with Crippen LogP contribution in [0.1, 0.15) is 17.0 Å². The van der Waals surface area contributed by atoms with Gasteiger partial charge in [-0.1, -0.05) is 140 Å². The van der Waals surface area contributed by atoms with Crippen molar-refractivity contribution < 1.29 is 8.83 Å². The summed E-state index contributed by atoms with van der Waals surface area (Å²) in [5.74, 6) is 2.49. The first-order chi connectivity index (χ1) is 25.8. The van der Waals surface area contributed by atoms with Gasteiger partial charge in [-0.25, -0.2) is 15.0 Å². The van der Waals surface area contributed by atoms with Gasteiger partial charge in [0.05, 0.1) is 0 Å².